The first-order valence-corrected chi connectivity index (χ1v) is 16.0. The van der Waals surface area contributed by atoms with Crippen molar-refractivity contribution in [2.45, 2.75) is 65.5 Å². The van der Waals surface area contributed by atoms with Crippen molar-refractivity contribution in [3.63, 3.8) is 0 Å². The van der Waals surface area contributed by atoms with Gasteiger partial charge in [-0.25, -0.2) is 0 Å². The molecule has 1 heterocycles. The molecule has 2 unspecified atom stereocenters. The quantitative estimate of drug-likeness (QED) is 0.265. The van der Waals surface area contributed by atoms with Gasteiger partial charge in [-0.2, -0.15) is 15.8 Å². The predicted molar refractivity (Wildman–Crippen MR) is 182 cm³/mol. The number of allylic oxidation sites excluding steroid dienone is 11. The molecule has 1 aliphatic heterocycles. The van der Waals surface area contributed by atoms with E-state index < -0.39 is 5.60 Å². The van der Waals surface area contributed by atoms with Gasteiger partial charge in [-0.1, -0.05) is 112 Å². The molecule has 2 aliphatic carbocycles. The fourth-order valence-corrected chi connectivity index (χ4v) is 6.90. The number of hydrogen-bond acceptors (Lipinski definition) is 5. The lowest BCUT2D eigenvalue weighted by Gasteiger charge is -2.30. The number of nitrogens with zero attached hydrogens (tertiary/aromatic N) is 4. The van der Waals surface area contributed by atoms with Crippen molar-refractivity contribution < 1.29 is 4.74 Å². The molecular formula is C38H38Cl2N4O. The van der Waals surface area contributed by atoms with Crippen molar-refractivity contribution in [3.05, 3.63) is 128 Å². The molecule has 0 amide bonds. The van der Waals surface area contributed by atoms with Crippen molar-refractivity contribution in [3.8, 4) is 18.2 Å². The lowest BCUT2D eigenvalue weighted by molar-refractivity contribution is 0.0756. The van der Waals surface area contributed by atoms with E-state index in [0.717, 1.165) is 37.9 Å². The first-order valence-electron chi connectivity index (χ1n) is 15.2. The molecule has 1 aromatic carbocycles. The van der Waals surface area contributed by atoms with E-state index in [0.29, 0.717) is 27.2 Å². The van der Waals surface area contributed by atoms with Gasteiger partial charge in [0.2, 0.25) is 0 Å². The Morgan fingerprint density at radius 1 is 1.04 bits per heavy atom. The van der Waals surface area contributed by atoms with Crippen molar-refractivity contribution >= 4 is 23.2 Å². The summed E-state index contributed by atoms with van der Waals surface area (Å²) in [5, 5.41) is 30.1. The van der Waals surface area contributed by atoms with Gasteiger partial charge in [-0.05, 0) is 73.5 Å². The van der Waals surface area contributed by atoms with E-state index in [1.807, 2.05) is 30.4 Å². The Bertz CT molecular complexity index is 1710. The largest absolute Gasteiger partial charge is 0.474 e. The molecule has 0 radical (unpaired) electrons. The third-order valence-electron chi connectivity index (χ3n) is 8.51. The number of nitriles is 3. The molecular weight excluding hydrogens is 599 g/mol. The number of ether oxygens (including phenoxy) is 1. The molecule has 45 heavy (non-hydrogen) atoms. The van der Waals surface area contributed by atoms with Crippen molar-refractivity contribution in [2.24, 2.45) is 5.41 Å². The van der Waals surface area contributed by atoms with E-state index in [9.17, 15) is 15.8 Å². The van der Waals surface area contributed by atoms with Crippen LogP contribution in [0, 0.1) is 39.4 Å². The van der Waals surface area contributed by atoms with Gasteiger partial charge in [0.05, 0.1) is 0 Å². The van der Waals surface area contributed by atoms with Crippen LogP contribution in [-0.4, -0.2) is 24.0 Å². The fourth-order valence-electron chi connectivity index (χ4n) is 6.31. The van der Waals surface area contributed by atoms with E-state index in [-0.39, 0.29) is 22.3 Å². The van der Waals surface area contributed by atoms with Crippen molar-refractivity contribution in [1.29, 1.82) is 15.8 Å². The normalized spacial score (nSPS) is 23.6. The molecule has 0 aromatic heterocycles. The summed E-state index contributed by atoms with van der Waals surface area (Å²) in [4.78, 5) is 2.47. The molecule has 3 aliphatic rings. The molecule has 0 bridgehead atoms. The molecule has 0 saturated heterocycles. The van der Waals surface area contributed by atoms with Gasteiger partial charge in [-0.15, -0.1) is 0 Å². The molecule has 7 heteroatoms. The minimum Gasteiger partial charge on any atom is -0.474 e. The minimum absolute atomic E-state index is 0.0519. The second-order valence-corrected chi connectivity index (χ2v) is 13.2. The summed E-state index contributed by atoms with van der Waals surface area (Å²) in [5.41, 5.74) is 3.40. The number of hydrogen-bond donors (Lipinski definition) is 0. The molecule has 0 N–H and O–H groups in total. The maximum absolute atomic E-state index is 10.2. The summed E-state index contributed by atoms with van der Waals surface area (Å²) in [6.45, 7) is 12.8. The highest BCUT2D eigenvalue weighted by molar-refractivity contribution is 6.35. The molecule has 0 spiro atoms. The minimum atomic E-state index is -1.23. The molecule has 230 valence electrons. The zero-order chi connectivity index (χ0) is 32.8. The molecule has 4 rings (SSSR count). The summed E-state index contributed by atoms with van der Waals surface area (Å²) >= 11 is 12.8. The van der Waals surface area contributed by atoms with E-state index in [2.05, 4.69) is 75.1 Å². The van der Waals surface area contributed by atoms with Gasteiger partial charge >= 0.3 is 0 Å². The highest BCUT2D eigenvalue weighted by Gasteiger charge is 2.45. The smallest absolute Gasteiger partial charge is 0.172 e. The van der Waals surface area contributed by atoms with Crippen LogP contribution >= 0.6 is 23.2 Å². The van der Waals surface area contributed by atoms with Crippen LogP contribution < -0.4 is 0 Å². The summed E-state index contributed by atoms with van der Waals surface area (Å²) in [5.74, 6) is -0.0519. The third-order valence-corrected chi connectivity index (χ3v) is 9.06. The second-order valence-electron chi connectivity index (χ2n) is 12.3. The Balaban J connectivity index is 1.67. The SMILES string of the molecule is CCN(CC)C1C=CC(/C=C/C2=CC(=C/C=C/C3=C(C#N)C(=C(C#N)C#N)OC3(C)c3ccc(Cl)cc3Cl)/CC(C)(C)C2)=CC1. The Hall–Kier alpha value is -4.05. The first kappa shape index (κ1) is 33.8. The zero-order valence-electron chi connectivity index (χ0n) is 26.5. The maximum Gasteiger partial charge on any atom is 0.172 e. The van der Waals surface area contributed by atoms with Gasteiger partial charge in [-0.3, -0.25) is 4.90 Å². The Morgan fingerprint density at radius 3 is 2.38 bits per heavy atom. The summed E-state index contributed by atoms with van der Waals surface area (Å²) in [7, 11) is 0. The topological polar surface area (TPSA) is 83.8 Å². The van der Waals surface area contributed by atoms with E-state index in [1.165, 1.54) is 11.1 Å². The molecule has 1 aromatic rings. The number of rotatable bonds is 8. The average Bonchev–Trinajstić information content (AvgIpc) is 3.28. The van der Waals surface area contributed by atoms with Gasteiger partial charge in [0.1, 0.15) is 23.8 Å². The Kier molecular flexibility index (Phi) is 10.8. The van der Waals surface area contributed by atoms with E-state index >= 15 is 0 Å². The van der Waals surface area contributed by atoms with Gasteiger partial charge in [0, 0.05) is 27.2 Å². The Morgan fingerprint density at radius 2 is 1.78 bits per heavy atom. The predicted octanol–water partition coefficient (Wildman–Crippen LogP) is 9.74. The van der Waals surface area contributed by atoms with Crippen molar-refractivity contribution in [2.75, 3.05) is 13.1 Å². The molecule has 2 atom stereocenters. The number of halogens is 2. The van der Waals surface area contributed by atoms with Gasteiger partial charge in [0.15, 0.2) is 16.9 Å². The zero-order valence-corrected chi connectivity index (χ0v) is 28.0. The lowest BCUT2D eigenvalue weighted by Crippen LogP contribution is -2.33. The molecule has 0 saturated carbocycles. The van der Waals surface area contributed by atoms with Crippen LogP contribution in [0.2, 0.25) is 10.0 Å². The van der Waals surface area contributed by atoms with Gasteiger partial charge in [0.25, 0.3) is 0 Å². The third kappa shape index (κ3) is 7.61. The first-order chi connectivity index (χ1) is 21.5. The highest BCUT2D eigenvalue weighted by Crippen LogP contribution is 2.49. The molecule has 0 fully saturated rings. The van der Waals surface area contributed by atoms with Crippen LogP contribution in [0.5, 0.6) is 0 Å². The van der Waals surface area contributed by atoms with Crippen LogP contribution in [0.15, 0.2) is 112 Å². The Labute approximate surface area is 277 Å². The summed E-state index contributed by atoms with van der Waals surface area (Å²) < 4.78 is 6.23. The average molecular weight is 638 g/mol. The maximum atomic E-state index is 10.2. The van der Waals surface area contributed by atoms with Crippen LogP contribution in [0.4, 0.5) is 0 Å². The highest BCUT2D eigenvalue weighted by atomic mass is 35.5. The lowest BCUT2D eigenvalue weighted by atomic mass is 9.75. The van der Waals surface area contributed by atoms with Crippen LogP contribution in [0.25, 0.3) is 0 Å². The standard InChI is InChI=1S/C38H38Cl2N4O/c1-6-44(7-2)31-16-13-26(14-17-31)11-12-28-19-27(21-37(3,4)22-28)9-8-10-33-32(25-43)36(29(23-41)24-42)45-38(33,5)34-18-15-30(39)20-35(34)40/h8-16,18-20,31H,6-7,17,21-22H2,1-5H3/b10-8+,12-11+,27-9-. The van der Waals surface area contributed by atoms with Gasteiger partial charge < -0.3 is 4.74 Å². The van der Waals surface area contributed by atoms with Crippen LogP contribution in [0.1, 0.15) is 59.4 Å². The summed E-state index contributed by atoms with van der Waals surface area (Å²) in [6.07, 6.45) is 22.1. The number of likely N-dealkylation sites (N-methyl/N-ethyl adjacent to an activating group) is 1. The monoisotopic (exact) mass is 636 g/mol. The molecule has 5 nitrogen and oxygen atoms in total. The fraction of sp³-hybridized carbons (Fsp3) is 0.342. The summed E-state index contributed by atoms with van der Waals surface area (Å²) in [6, 6.07) is 11.4. The van der Waals surface area contributed by atoms with Crippen LogP contribution in [0.3, 0.4) is 0 Å². The number of benzene rings is 1. The van der Waals surface area contributed by atoms with E-state index in [1.54, 1.807) is 25.1 Å². The van der Waals surface area contributed by atoms with E-state index in [4.69, 9.17) is 27.9 Å². The van der Waals surface area contributed by atoms with Crippen LogP contribution in [-0.2, 0) is 10.3 Å². The van der Waals surface area contributed by atoms with Crippen molar-refractivity contribution in [1.82, 2.24) is 4.90 Å². The second kappa shape index (κ2) is 14.4.